The number of esters is 1. The molecule has 1 aromatic heterocycles. The molecule has 0 bridgehead atoms. The van der Waals surface area contributed by atoms with Crippen LogP contribution in [0.25, 0.3) is 10.9 Å². The first-order valence-electron chi connectivity index (χ1n) is 8.32. The fraction of sp³-hybridized carbons (Fsp3) is 0.200. The number of H-pyrrole nitrogens is 1. The third-order valence-electron chi connectivity index (χ3n) is 4.12. The number of ether oxygens (including phenoxy) is 1. The maximum atomic E-state index is 13.6. The summed E-state index contributed by atoms with van der Waals surface area (Å²) in [5.74, 6) is -1.14. The number of benzene rings is 2. The number of amides is 1. The monoisotopic (exact) mass is 354 g/mol. The van der Waals surface area contributed by atoms with Crippen LogP contribution in [0.1, 0.15) is 28.5 Å². The van der Waals surface area contributed by atoms with Crippen molar-refractivity contribution in [1.29, 1.82) is 0 Å². The van der Waals surface area contributed by atoms with Crippen LogP contribution in [0.2, 0.25) is 0 Å². The number of aromatic nitrogens is 1. The molecule has 3 aromatic rings. The van der Waals surface area contributed by atoms with Crippen molar-refractivity contribution >= 4 is 28.5 Å². The van der Waals surface area contributed by atoms with E-state index >= 15 is 0 Å². The average molecular weight is 354 g/mol. The molecule has 0 radical (unpaired) electrons. The van der Waals surface area contributed by atoms with Crippen molar-refractivity contribution in [3.63, 3.8) is 0 Å². The van der Waals surface area contributed by atoms with Crippen LogP contribution in [0.3, 0.4) is 0 Å². The lowest BCUT2D eigenvalue weighted by atomic mass is 10.1. The fourth-order valence-corrected chi connectivity index (χ4v) is 2.92. The van der Waals surface area contributed by atoms with E-state index in [-0.39, 0.29) is 24.8 Å². The SMILES string of the molecule is CCOC(=O)c1ccccc1NC(=O)Cc1c(C)[nH]c2ccc(F)cc12. The van der Waals surface area contributed by atoms with E-state index in [1.165, 1.54) is 12.1 Å². The first-order chi connectivity index (χ1) is 12.5. The van der Waals surface area contributed by atoms with Gasteiger partial charge < -0.3 is 15.0 Å². The van der Waals surface area contributed by atoms with Gasteiger partial charge in [0, 0.05) is 16.6 Å². The van der Waals surface area contributed by atoms with Gasteiger partial charge in [0.05, 0.1) is 24.3 Å². The Morgan fingerprint density at radius 3 is 2.73 bits per heavy atom. The predicted molar refractivity (Wildman–Crippen MR) is 97.7 cm³/mol. The number of aryl methyl sites for hydroxylation is 1. The minimum atomic E-state index is -0.492. The number of fused-ring (bicyclic) bond motifs is 1. The zero-order valence-electron chi connectivity index (χ0n) is 14.6. The lowest BCUT2D eigenvalue weighted by Crippen LogP contribution is -2.17. The highest BCUT2D eigenvalue weighted by Gasteiger charge is 2.17. The lowest BCUT2D eigenvalue weighted by Gasteiger charge is -2.10. The van der Waals surface area contributed by atoms with E-state index in [0.29, 0.717) is 16.6 Å². The summed E-state index contributed by atoms with van der Waals surface area (Å²) in [7, 11) is 0. The second-order valence-electron chi connectivity index (χ2n) is 5.91. The summed E-state index contributed by atoms with van der Waals surface area (Å²) in [6.45, 7) is 3.81. The molecule has 0 spiro atoms. The molecule has 0 fully saturated rings. The van der Waals surface area contributed by atoms with E-state index < -0.39 is 5.97 Å². The molecule has 0 aliphatic heterocycles. The van der Waals surface area contributed by atoms with Crippen LogP contribution in [0.5, 0.6) is 0 Å². The number of rotatable bonds is 5. The van der Waals surface area contributed by atoms with Gasteiger partial charge in [-0.3, -0.25) is 4.79 Å². The standard InChI is InChI=1S/C20H19FN2O3/c1-3-26-20(25)14-6-4-5-7-17(14)23-19(24)11-15-12(2)22-18-9-8-13(21)10-16(15)18/h4-10,22H,3,11H2,1-2H3,(H,23,24). The van der Waals surface area contributed by atoms with Crippen molar-refractivity contribution in [2.45, 2.75) is 20.3 Å². The molecule has 0 aliphatic rings. The van der Waals surface area contributed by atoms with Crippen molar-refractivity contribution in [1.82, 2.24) is 4.98 Å². The number of halogens is 1. The van der Waals surface area contributed by atoms with Gasteiger partial charge in [-0.25, -0.2) is 9.18 Å². The number of aromatic amines is 1. The Bertz CT molecular complexity index is 978. The highest BCUT2D eigenvalue weighted by molar-refractivity contribution is 6.02. The van der Waals surface area contributed by atoms with Crippen LogP contribution in [0.15, 0.2) is 42.5 Å². The summed E-state index contributed by atoms with van der Waals surface area (Å²) in [5, 5.41) is 3.42. The van der Waals surface area contributed by atoms with Gasteiger partial charge >= 0.3 is 5.97 Å². The number of para-hydroxylation sites is 1. The molecule has 0 aliphatic carbocycles. The summed E-state index contributed by atoms with van der Waals surface area (Å²) in [5.41, 5.74) is 2.99. The number of hydrogen-bond acceptors (Lipinski definition) is 3. The van der Waals surface area contributed by atoms with E-state index in [4.69, 9.17) is 4.74 Å². The van der Waals surface area contributed by atoms with E-state index in [9.17, 15) is 14.0 Å². The Hall–Kier alpha value is -3.15. The number of carbonyl (C=O) groups is 2. The second kappa shape index (κ2) is 7.39. The zero-order valence-corrected chi connectivity index (χ0v) is 14.6. The molecule has 2 aromatic carbocycles. The van der Waals surface area contributed by atoms with Crippen molar-refractivity contribution in [2.24, 2.45) is 0 Å². The predicted octanol–water partition coefficient (Wildman–Crippen LogP) is 3.97. The van der Waals surface area contributed by atoms with Gasteiger partial charge in [0.25, 0.3) is 0 Å². The molecule has 5 nitrogen and oxygen atoms in total. The molecule has 1 amide bonds. The van der Waals surface area contributed by atoms with Gasteiger partial charge in [0.15, 0.2) is 0 Å². The maximum Gasteiger partial charge on any atom is 0.340 e. The third-order valence-corrected chi connectivity index (χ3v) is 4.12. The smallest absolute Gasteiger partial charge is 0.340 e. The van der Waals surface area contributed by atoms with Crippen LogP contribution in [0.4, 0.5) is 10.1 Å². The van der Waals surface area contributed by atoms with E-state index in [1.807, 2.05) is 6.92 Å². The molecular formula is C20H19FN2O3. The van der Waals surface area contributed by atoms with Gasteiger partial charge in [0.1, 0.15) is 5.82 Å². The van der Waals surface area contributed by atoms with Crippen LogP contribution in [0, 0.1) is 12.7 Å². The van der Waals surface area contributed by atoms with Crippen LogP contribution >= 0.6 is 0 Å². The van der Waals surface area contributed by atoms with Gasteiger partial charge in [-0.05, 0) is 49.7 Å². The first kappa shape index (κ1) is 17.7. The Morgan fingerprint density at radius 1 is 1.19 bits per heavy atom. The zero-order chi connectivity index (χ0) is 18.7. The molecule has 6 heteroatoms. The van der Waals surface area contributed by atoms with Crippen molar-refractivity contribution in [3.05, 3.63) is 65.1 Å². The molecule has 26 heavy (non-hydrogen) atoms. The molecular weight excluding hydrogens is 335 g/mol. The van der Waals surface area contributed by atoms with Crippen LogP contribution < -0.4 is 5.32 Å². The molecule has 0 unspecified atom stereocenters. The highest BCUT2D eigenvalue weighted by Crippen LogP contribution is 2.24. The average Bonchev–Trinajstić information content (AvgIpc) is 2.91. The van der Waals surface area contributed by atoms with Crippen molar-refractivity contribution < 1.29 is 18.7 Å². The molecule has 0 atom stereocenters. The lowest BCUT2D eigenvalue weighted by molar-refractivity contribution is -0.115. The normalized spacial score (nSPS) is 10.7. The molecule has 2 N–H and O–H groups in total. The summed E-state index contributed by atoms with van der Waals surface area (Å²) >= 11 is 0. The Kier molecular flexibility index (Phi) is 5.02. The Balaban J connectivity index is 1.84. The van der Waals surface area contributed by atoms with Gasteiger partial charge in [-0.2, -0.15) is 0 Å². The third kappa shape index (κ3) is 3.59. The van der Waals surface area contributed by atoms with E-state index in [2.05, 4.69) is 10.3 Å². The van der Waals surface area contributed by atoms with Crippen molar-refractivity contribution in [2.75, 3.05) is 11.9 Å². The Labute approximate surface area is 150 Å². The van der Waals surface area contributed by atoms with Gasteiger partial charge in [0.2, 0.25) is 5.91 Å². The van der Waals surface area contributed by atoms with E-state index in [1.54, 1.807) is 37.3 Å². The minimum absolute atomic E-state index is 0.0620. The largest absolute Gasteiger partial charge is 0.462 e. The Morgan fingerprint density at radius 2 is 1.96 bits per heavy atom. The summed E-state index contributed by atoms with van der Waals surface area (Å²) in [6.07, 6.45) is 0.0620. The van der Waals surface area contributed by atoms with Crippen molar-refractivity contribution in [3.8, 4) is 0 Å². The number of carbonyl (C=O) groups excluding carboxylic acids is 2. The van der Waals surface area contributed by atoms with Crippen LogP contribution in [-0.2, 0) is 16.0 Å². The van der Waals surface area contributed by atoms with Gasteiger partial charge in [-0.15, -0.1) is 0 Å². The molecule has 3 rings (SSSR count). The summed E-state index contributed by atoms with van der Waals surface area (Å²) < 4.78 is 18.6. The second-order valence-corrected chi connectivity index (χ2v) is 5.91. The highest BCUT2D eigenvalue weighted by atomic mass is 19.1. The van der Waals surface area contributed by atoms with Gasteiger partial charge in [-0.1, -0.05) is 12.1 Å². The first-order valence-corrected chi connectivity index (χ1v) is 8.32. The number of anilines is 1. The molecule has 1 heterocycles. The quantitative estimate of drug-likeness (QED) is 0.681. The van der Waals surface area contributed by atoms with Crippen LogP contribution in [-0.4, -0.2) is 23.5 Å². The molecule has 0 saturated carbocycles. The summed E-state index contributed by atoms with van der Waals surface area (Å²) in [4.78, 5) is 27.7. The topological polar surface area (TPSA) is 71.2 Å². The van der Waals surface area contributed by atoms with E-state index in [0.717, 1.165) is 16.8 Å². The summed E-state index contributed by atoms with van der Waals surface area (Å²) in [6, 6.07) is 11.1. The maximum absolute atomic E-state index is 13.6. The molecule has 134 valence electrons. The molecule has 0 saturated heterocycles. The minimum Gasteiger partial charge on any atom is -0.462 e. The number of hydrogen-bond donors (Lipinski definition) is 2. The fourth-order valence-electron chi connectivity index (χ4n) is 2.92. The number of nitrogens with one attached hydrogen (secondary N) is 2.